The number of carbonyl (C=O) groups is 1. The van der Waals surface area contributed by atoms with Gasteiger partial charge in [0.25, 0.3) is 0 Å². The van der Waals surface area contributed by atoms with Gasteiger partial charge in [0.05, 0.1) is 24.9 Å². The Morgan fingerprint density at radius 2 is 1.88 bits per heavy atom. The lowest BCUT2D eigenvalue weighted by molar-refractivity contribution is 0.0226. The number of nitrogens with zero attached hydrogens (tertiary/aromatic N) is 7. The molecule has 0 aliphatic carbocycles. The maximum atomic E-state index is 12.8. The molecule has 0 N–H and O–H groups in total. The molecule has 1 amide bonds. The number of hydrogen-bond acceptors (Lipinski definition) is 9. The van der Waals surface area contributed by atoms with Crippen LogP contribution in [0.1, 0.15) is 44.9 Å². The monoisotopic (exact) mass is 583 g/mol. The van der Waals surface area contributed by atoms with Crippen LogP contribution >= 0.6 is 0 Å². The molecule has 2 aromatic carbocycles. The summed E-state index contributed by atoms with van der Waals surface area (Å²) in [6, 6.07) is 17.4. The molecule has 10 heteroatoms. The number of likely N-dealkylation sites (N-methyl/N-ethyl adjacent to an activating group) is 1. The fourth-order valence-corrected chi connectivity index (χ4v) is 6.38. The molecule has 0 radical (unpaired) electrons. The molecule has 3 aromatic rings. The van der Waals surface area contributed by atoms with Gasteiger partial charge in [-0.3, -0.25) is 0 Å². The van der Waals surface area contributed by atoms with E-state index in [0.29, 0.717) is 38.3 Å². The largest absolute Gasteiger partial charge is 0.462 e. The zero-order valence-electron chi connectivity index (χ0n) is 25.6. The van der Waals surface area contributed by atoms with E-state index in [-0.39, 0.29) is 6.54 Å². The predicted octanol–water partition coefficient (Wildman–Crippen LogP) is 4.61. The van der Waals surface area contributed by atoms with Crippen molar-refractivity contribution in [1.29, 1.82) is 5.26 Å². The van der Waals surface area contributed by atoms with Crippen LogP contribution in [0.25, 0.3) is 10.8 Å². The van der Waals surface area contributed by atoms with Crippen LogP contribution in [0.15, 0.2) is 42.5 Å². The van der Waals surface area contributed by atoms with Gasteiger partial charge in [0, 0.05) is 42.3 Å². The van der Waals surface area contributed by atoms with Crippen molar-refractivity contribution in [3.8, 4) is 12.1 Å². The number of carbonyl (C=O) groups excluding carboxylic acids is 1. The summed E-state index contributed by atoms with van der Waals surface area (Å²) in [7, 11) is 2.13. The molecule has 2 unspecified atom stereocenters. The van der Waals surface area contributed by atoms with Gasteiger partial charge < -0.3 is 29.1 Å². The lowest BCUT2D eigenvalue weighted by Crippen LogP contribution is -2.56. The van der Waals surface area contributed by atoms with Crippen molar-refractivity contribution in [3.05, 3.63) is 53.7 Å². The Balaban J connectivity index is 1.31. The Hall–Kier alpha value is -4.10. The second-order valence-corrected chi connectivity index (χ2v) is 12.8. The normalized spacial score (nSPS) is 21.0. The average molecular weight is 584 g/mol. The molecule has 4 heterocycles. The van der Waals surface area contributed by atoms with Gasteiger partial charge in [-0.25, -0.2) is 4.79 Å². The molecule has 0 spiro atoms. The van der Waals surface area contributed by atoms with Crippen molar-refractivity contribution in [2.45, 2.75) is 64.3 Å². The zero-order valence-corrected chi connectivity index (χ0v) is 25.6. The number of nitriles is 1. The van der Waals surface area contributed by atoms with E-state index in [1.54, 1.807) is 4.90 Å². The fraction of sp³-hybridized carbons (Fsp3) is 0.515. The maximum Gasteiger partial charge on any atom is 0.410 e. The summed E-state index contributed by atoms with van der Waals surface area (Å²) < 4.78 is 11.9. The van der Waals surface area contributed by atoms with Crippen molar-refractivity contribution in [3.63, 3.8) is 0 Å². The minimum Gasteiger partial charge on any atom is -0.462 e. The molecule has 226 valence electrons. The number of aromatic nitrogens is 2. The highest BCUT2D eigenvalue weighted by molar-refractivity contribution is 5.94. The van der Waals surface area contributed by atoms with E-state index >= 15 is 0 Å². The lowest BCUT2D eigenvalue weighted by atomic mass is 10.0. The van der Waals surface area contributed by atoms with Gasteiger partial charge >= 0.3 is 12.1 Å². The first-order chi connectivity index (χ1) is 20.7. The Bertz CT molecular complexity index is 1530. The maximum absolute atomic E-state index is 12.8. The minimum atomic E-state index is -0.600. The minimum absolute atomic E-state index is 0.245. The number of hydrogen-bond donors (Lipinski definition) is 0. The quantitative estimate of drug-likeness (QED) is 0.426. The smallest absolute Gasteiger partial charge is 0.410 e. The van der Waals surface area contributed by atoms with E-state index < -0.39 is 17.7 Å². The molecule has 0 saturated carbocycles. The number of likely N-dealkylation sites (tertiary alicyclic amines) is 1. The summed E-state index contributed by atoms with van der Waals surface area (Å²) in [5.41, 5.74) is 2.55. The molecule has 2 atom stereocenters. The van der Waals surface area contributed by atoms with Gasteiger partial charge in [0.1, 0.15) is 24.1 Å². The Morgan fingerprint density at radius 1 is 1.07 bits per heavy atom. The van der Waals surface area contributed by atoms with E-state index in [2.05, 4.69) is 65.4 Å². The standard InChI is InChI=1S/C33H41N7O3/c1-33(2,3)43-32(41)39-17-18-40(25(19-34)20-39)30-27-14-16-38(29-13-7-10-23-9-5-6-12-26(23)29)21-28(27)35-31(36-30)42-22-24-11-8-15-37(24)4/h5-7,9-10,12-13,24-25H,8,11,14-18,20-22H2,1-4H3. The summed E-state index contributed by atoms with van der Waals surface area (Å²) in [6.07, 6.45) is 2.59. The third-order valence-corrected chi connectivity index (χ3v) is 8.66. The van der Waals surface area contributed by atoms with Crippen molar-refractivity contribution in [2.24, 2.45) is 0 Å². The first kappa shape index (κ1) is 29.0. The molecule has 3 aliphatic rings. The first-order valence-corrected chi connectivity index (χ1v) is 15.3. The molecule has 2 fully saturated rings. The number of amides is 1. The Kier molecular flexibility index (Phi) is 8.01. The number of benzene rings is 2. The third kappa shape index (κ3) is 6.18. The van der Waals surface area contributed by atoms with Gasteiger partial charge in [-0.2, -0.15) is 15.2 Å². The van der Waals surface area contributed by atoms with Crippen LogP contribution in [0.5, 0.6) is 6.01 Å². The molecule has 43 heavy (non-hydrogen) atoms. The fourth-order valence-electron chi connectivity index (χ4n) is 6.38. The van der Waals surface area contributed by atoms with E-state index in [4.69, 9.17) is 19.4 Å². The van der Waals surface area contributed by atoms with Gasteiger partial charge in [-0.15, -0.1) is 0 Å². The highest BCUT2D eigenvalue weighted by Crippen LogP contribution is 2.35. The first-order valence-electron chi connectivity index (χ1n) is 15.3. The highest BCUT2D eigenvalue weighted by atomic mass is 16.6. The van der Waals surface area contributed by atoms with Crippen molar-refractivity contribution >= 4 is 28.4 Å². The lowest BCUT2D eigenvalue weighted by Gasteiger charge is -2.41. The van der Waals surface area contributed by atoms with Crippen LogP contribution < -0.4 is 14.5 Å². The zero-order chi connectivity index (χ0) is 30.1. The number of rotatable bonds is 5. The van der Waals surface area contributed by atoms with E-state index in [0.717, 1.165) is 49.4 Å². The molecule has 10 nitrogen and oxygen atoms in total. The Labute approximate surface area is 253 Å². The second-order valence-electron chi connectivity index (χ2n) is 12.8. The molecule has 1 aromatic heterocycles. The van der Waals surface area contributed by atoms with E-state index in [1.807, 2.05) is 25.7 Å². The molecule has 3 aliphatic heterocycles. The van der Waals surface area contributed by atoms with Crippen LogP contribution in [-0.2, 0) is 17.7 Å². The van der Waals surface area contributed by atoms with E-state index in [9.17, 15) is 10.1 Å². The summed E-state index contributed by atoms with van der Waals surface area (Å²) in [5, 5.41) is 12.7. The molecular weight excluding hydrogens is 542 g/mol. The highest BCUT2D eigenvalue weighted by Gasteiger charge is 2.36. The summed E-state index contributed by atoms with van der Waals surface area (Å²) in [5.74, 6) is 0.743. The summed E-state index contributed by atoms with van der Waals surface area (Å²) in [4.78, 5) is 31.1. The van der Waals surface area contributed by atoms with Gasteiger partial charge in [0.2, 0.25) is 0 Å². The van der Waals surface area contributed by atoms with Crippen LogP contribution in [0.3, 0.4) is 0 Å². The predicted molar refractivity (Wildman–Crippen MR) is 166 cm³/mol. The van der Waals surface area contributed by atoms with Crippen LogP contribution in [-0.4, -0.2) is 89.9 Å². The molecule has 6 rings (SSSR count). The number of anilines is 2. The van der Waals surface area contributed by atoms with Crippen LogP contribution in [0.4, 0.5) is 16.3 Å². The third-order valence-electron chi connectivity index (χ3n) is 8.66. The van der Waals surface area contributed by atoms with Crippen molar-refractivity contribution in [2.75, 3.05) is 56.2 Å². The van der Waals surface area contributed by atoms with Gasteiger partial charge in [-0.1, -0.05) is 36.4 Å². The SMILES string of the molecule is CN1CCCC1COc1nc2c(c(N3CCN(C(=O)OC(C)(C)C)CC3C#N)n1)CCN(c1cccc3ccccc13)C2. The summed E-state index contributed by atoms with van der Waals surface area (Å²) >= 11 is 0. The van der Waals surface area contributed by atoms with Crippen LogP contribution in [0, 0.1) is 11.3 Å². The number of fused-ring (bicyclic) bond motifs is 2. The van der Waals surface area contributed by atoms with E-state index in [1.165, 1.54) is 16.5 Å². The Morgan fingerprint density at radius 3 is 2.65 bits per heavy atom. The molecule has 2 saturated heterocycles. The summed E-state index contributed by atoms with van der Waals surface area (Å²) in [6.45, 7) is 9.72. The second kappa shape index (κ2) is 11.9. The van der Waals surface area contributed by atoms with Crippen LogP contribution in [0.2, 0.25) is 0 Å². The molecule has 0 bridgehead atoms. The average Bonchev–Trinajstić information content (AvgIpc) is 3.42. The van der Waals surface area contributed by atoms with Crippen molar-refractivity contribution in [1.82, 2.24) is 19.8 Å². The van der Waals surface area contributed by atoms with Crippen molar-refractivity contribution < 1.29 is 14.3 Å². The van der Waals surface area contributed by atoms with Gasteiger partial charge in [0.15, 0.2) is 0 Å². The molecular formula is C33H41N7O3. The number of piperazine rings is 1. The topological polar surface area (TPSA) is 98.1 Å². The van der Waals surface area contributed by atoms with Gasteiger partial charge in [-0.05, 0) is 65.1 Å². The number of ether oxygens (including phenoxy) is 2.